The van der Waals surface area contributed by atoms with E-state index >= 15 is 0 Å². The predicted octanol–water partition coefficient (Wildman–Crippen LogP) is 2.60. The quantitative estimate of drug-likeness (QED) is 0.442. The number of benzene rings is 1. The van der Waals surface area contributed by atoms with Crippen LogP contribution >= 0.6 is 0 Å². The van der Waals surface area contributed by atoms with Crippen molar-refractivity contribution < 1.29 is 14.7 Å². The number of hydrogen-bond acceptors (Lipinski definition) is 3. The average molecular weight is 247 g/mol. The van der Waals surface area contributed by atoms with Crippen molar-refractivity contribution in [3.63, 3.8) is 0 Å². The molecule has 0 radical (unpaired) electrons. The van der Waals surface area contributed by atoms with E-state index in [1.54, 1.807) is 6.08 Å². The molecule has 0 saturated carbocycles. The molecule has 18 heavy (non-hydrogen) atoms. The lowest BCUT2D eigenvalue weighted by atomic mass is 10.2. The van der Waals surface area contributed by atoms with Gasteiger partial charge in [-0.05, 0) is 12.0 Å². The summed E-state index contributed by atoms with van der Waals surface area (Å²) in [6, 6.07) is 9.80. The molecule has 1 aromatic carbocycles. The first-order valence-corrected chi connectivity index (χ1v) is 5.77. The molecule has 0 bridgehead atoms. The Kier molecular flexibility index (Phi) is 6.28. The maximum absolute atomic E-state index is 10.7. The van der Waals surface area contributed by atoms with Crippen LogP contribution in [0.4, 0.5) is 0 Å². The first-order chi connectivity index (χ1) is 8.74. The monoisotopic (exact) mass is 247 g/mol. The molecule has 4 heteroatoms. The van der Waals surface area contributed by atoms with Gasteiger partial charge in [0.05, 0.1) is 6.61 Å². The second kappa shape index (κ2) is 8.08. The van der Waals surface area contributed by atoms with Crippen LogP contribution in [0.5, 0.6) is 0 Å². The molecule has 0 heterocycles. The highest BCUT2D eigenvalue weighted by atomic mass is 16.6. The SMILES string of the molecule is CCC=C(NOCC=Cc1ccccc1)C(=O)O. The van der Waals surface area contributed by atoms with Gasteiger partial charge in [0.25, 0.3) is 0 Å². The van der Waals surface area contributed by atoms with Crippen LogP contribution in [0.15, 0.2) is 48.2 Å². The van der Waals surface area contributed by atoms with E-state index in [1.807, 2.05) is 49.4 Å². The third-order valence-electron chi connectivity index (χ3n) is 2.11. The lowest BCUT2D eigenvalue weighted by molar-refractivity contribution is -0.134. The van der Waals surface area contributed by atoms with Crippen LogP contribution in [0.25, 0.3) is 6.08 Å². The van der Waals surface area contributed by atoms with Gasteiger partial charge in [0.2, 0.25) is 0 Å². The first-order valence-electron chi connectivity index (χ1n) is 5.77. The molecule has 0 atom stereocenters. The molecule has 4 nitrogen and oxygen atoms in total. The summed E-state index contributed by atoms with van der Waals surface area (Å²) in [5.41, 5.74) is 3.55. The number of carboxylic acids is 1. The van der Waals surface area contributed by atoms with Crippen molar-refractivity contribution in [2.75, 3.05) is 6.61 Å². The van der Waals surface area contributed by atoms with E-state index in [0.717, 1.165) is 5.56 Å². The largest absolute Gasteiger partial charge is 0.477 e. The third kappa shape index (κ3) is 5.32. The Morgan fingerprint density at radius 3 is 2.72 bits per heavy atom. The van der Waals surface area contributed by atoms with Gasteiger partial charge in [-0.1, -0.05) is 55.5 Å². The van der Waals surface area contributed by atoms with E-state index in [4.69, 9.17) is 9.94 Å². The molecular weight excluding hydrogens is 230 g/mol. The van der Waals surface area contributed by atoms with Crippen LogP contribution in [0.1, 0.15) is 18.9 Å². The standard InChI is InChI=1S/C14H17NO3/c1-2-7-13(14(16)17)15-18-11-6-10-12-8-4-3-5-9-12/h3-10,15H,2,11H2,1H3,(H,16,17). The number of hydrogen-bond donors (Lipinski definition) is 2. The summed E-state index contributed by atoms with van der Waals surface area (Å²) in [7, 11) is 0. The smallest absolute Gasteiger partial charge is 0.353 e. The zero-order valence-corrected chi connectivity index (χ0v) is 10.3. The molecule has 0 unspecified atom stereocenters. The van der Waals surface area contributed by atoms with Gasteiger partial charge in [-0.3, -0.25) is 10.3 Å². The Labute approximate surface area is 107 Å². The fraction of sp³-hybridized carbons (Fsp3) is 0.214. The second-order valence-electron chi connectivity index (χ2n) is 3.56. The zero-order chi connectivity index (χ0) is 13.2. The van der Waals surface area contributed by atoms with E-state index in [2.05, 4.69) is 5.48 Å². The third-order valence-corrected chi connectivity index (χ3v) is 2.11. The predicted molar refractivity (Wildman–Crippen MR) is 70.6 cm³/mol. The minimum Gasteiger partial charge on any atom is -0.477 e. The molecule has 96 valence electrons. The molecular formula is C14H17NO3. The Morgan fingerprint density at radius 1 is 1.39 bits per heavy atom. The van der Waals surface area contributed by atoms with Crippen molar-refractivity contribution in [1.82, 2.24) is 5.48 Å². The molecule has 0 spiro atoms. The van der Waals surface area contributed by atoms with Crippen LogP contribution in [-0.4, -0.2) is 17.7 Å². The van der Waals surface area contributed by atoms with E-state index in [0.29, 0.717) is 13.0 Å². The number of allylic oxidation sites excluding steroid dienone is 1. The van der Waals surface area contributed by atoms with Gasteiger partial charge in [-0.2, -0.15) is 0 Å². The van der Waals surface area contributed by atoms with Gasteiger partial charge in [-0.15, -0.1) is 0 Å². The molecule has 1 rings (SSSR count). The van der Waals surface area contributed by atoms with Crippen molar-refractivity contribution in [2.45, 2.75) is 13.3 Å². The van der Waals surface area contributed by atoms with Crippen molar-refractivity contribution in [3.8, 4) is 0 Å². The van der Waals surface area contributed by atoms with Crippen LogP contribution in [-0.2, 0) is 9.63 Å². The lowest BCUT2D eigenvalue weighted by Gasteiger charge is -2.04. The van der Waals surface area contributed by atoms with Gasteiger partial charge in [0.1, 0.15) is 5.70 Å². The number of aliphatic carboxylic acids is 1. The highest BCUT2D eigenvalue weighted by Crippen LogP contribution is 2.00. The van der Waals surface area contributed by atoms with E-state index < -0.39 is 5.97 Å². The summed E-state index contributed by atoms with van der Waals surface area (Å²) in [5.74, 6) is -1.02. The number of carboxylic acid groups (broad SMARTS) is 1. The van der Waals surface area contributed by atoms with Crippen molar-refractivity contribution >= 4 is 12.0 Å². The normalized spacial score (nSPS) is 11.7. The molecule has 0 amide bonds. The van der Waals surface area contributed by atoms with E-state index in [1.165, 1.54) is 0 Å². The van der Waals surface area contributed by atoms with Crippen LogP contribution < -0.4 is 5.48 Å². The van der Waals surface area contributed by atoms with Gasteiger partial charge < -0.3 is 5.11 Å². The maximum atomic E-state index is 10.7. The minimum atomic E-state index is -1.02. The molecule has 0 fully saturated rings. The van der Waals surface area contributed by atoms with Gasteiger partial charge in [-0.25, -0.2) is 4.79 Å². The zero-order valence-electron chi connectivity index (χ0n) is 10.3. The second-order valence-corrected chi connectivity index (χ2v) is 3.56. The highest BCUT2D eigenvalue weighted by molar-refractivity contribution is 5.85. The molecule has 0 aliphatic rings. The summed E-state index contributed by atoms with van der Waals surface area (Å²) in [6.07, 6.45) is 5.92. The fourth-order valence-electron chi connectivity index (χ4n) is 1.29. The summed E-state index contributed by atoms with van der Waals surface area (Å²) < 4.78 is 0. The molecule has 1 aromatic rings. The molecule has 0 aliphatic heterocycles. The lowest BCUT2D eigenvalue weighted by Crippen LogP contribution is -2.20. The van der Waals surface area contributed by atoms with Crippen LogP contribution in [0.3, 0.4) is 0 Å². The Bertz CT molecular complexity index is 424. The van der Waals surface area contributed by atoms with Crippen molar-refractivity contribution in [2.24, 2.45) is 0 Å². The molecule has 0 saturated heterocycles. The fourth-order valence-corrected chi connectivity index (χ4v) is 1.29. The topological polar surface area (TPSA) is 58.6 Å². The minimum absolute atomic E-state index is 0.0608. The highest BCUT2D eigenvalue weighted by Gasteiger charge is 2.04. The summed E-state index contributed by atoms with van der Waals surface area (Å²) >= 11 is 0. The molecule has 0 aliphatic carbocycles. The van der Waals surface area contributed by atoms with Crippen molar-refractivity contribution in [3.05, 3.63) is 53.7 Å². The Morgan fingerprint density at radius 2 is 2.11 bits per heavy atom. The van der Waals surface area contributed by atoms with Gasteiger partial charge in [0, 0.05) is 0 Å². The number of carbonyl (C=O) groups is 1. The Hall–Kier alpha value is -2.07. The van der Waals surface area contributed by atoms with Crippen LogP contribution in [0.2, 0.25) is 0 Å². The van der Waals surface area contributed by atoms with E-state index in [9.17, 15) is 4.79 Å². The van der Waals surface area contributed by atoms with E-state index in [-0.39, 0.29) is 5.70 Å². The first kappa shape index (κ1) is 14.0. The number of nitrogens with one attached hydrogen (secondary N) is 1. The van der Waals surface area contributed by atoms with Gasteiger partial charge >= 0.3 is 5.97 Å². The summed E-state index contributed by atoms with van der Waals surface area (Å²) in [5, 5.41) is 8.81. The molecule has 0 aromatic heterocycles. The number of hydroxylamine groups is 1. The summed E-state index contributed by atoms with van der Waals surface area (Å²) in [4.78, 5) is 15.8. The summed E-state index contributed by atoms with van der Waals surface area (Å²) in [6.45, 7) is 2.16. The van der Waals surface area contributed by atoms with Gasteiger partial charge in [0.15, 0.2) is 0 Å². The molecule has 2 N–H and O–H groups in total. The van der Waals surface area contributed by atoms with Crippen molar-refractivity contribution in [1.29, 1.82) is 0 Å². The van der Waals surface area contributed by atoms with Crippen LogP contribution in [0, 0.1) is 0 Å². The maximum Gasteiger partial charge on any atom is 0.353 e. The average Bonchev–Trinajstić information content (AvgIpc) is 2.38. The Balaban J connectivity index is 2.32. The number of rotatable bonds is 7.